The van der Waals surface area contributed by atoms with Crippen molar-refractivity contribution in [1.29, 1.82) is 0 Å². The van der Waals surface area contributed by atoms with Gasteiger partial charge in [0, 0.05) is 23.9 Å². The van der Waals surface area contributed by atoms with Crippen molar-refractivity contribution in [3.05, 3.63) is 35.6 Å². The number of nitrogens with two attached hydrogens (primary N) is 1. The number of furan rings is 1. The number of rotatable bonds is 9. The number of benzene rings is 1. The third-order valence-electron chi connectivity index (χ3n) is 4.29. The van der Waals surface area contributed by atoms with E-state index < -0.39 is 11.7 Å². The molecule has 174 valence electrons. The predicted octanol–water partition coefficient (Wildman–Crippen LogP) is 3.93. The molecule has 0 aliphatic carbocycles. The van der Waals surface area contributed by atoms with Gasteiger partial charge in [-0.1, -0.05) is 6.42 Å². The van der Waals surface area contributed by atoms with Gasteiger partial charge in [0.2, 0.25) is 0 Å². The van der Waals surface area contributed by atoms with Crippen LogP contribution >= 0.6 is 0 Å². The van der Waals surface area contributed by atoms with E-state index in [1.807, 2.05) is 0 Å². The summed E-state index contributed by atoms with van der Waals surface area (Å²) >= 11 is 0. The Hall–Kier alpha value is -3.36. The minimum absolute atomic E-state index is 0.0103. The number of nitrogens with zero attached hydrogens (tertiary/aromatic N) is 1. The molecule has 9 heteroatoms. The maximum atomic E-state index is 12.3. The SMILES string of the molecule is CCOC(=O)CCCCCNC(=O)c1cc2cc(/C(N)=N/C(=O)OC(C)(C)C)ccc2o1. The topological polar surface area (TPSA) is 133 Å². The molecule has 1 heterocycles. The van der Waals surface area contributed by atoms with Gasteiger partial charge in [0.1, 0.15) is 17.0 Å². The molecule has 1 aromatic heterocycles. The van der Waals surface area contributed by atoms with Gasteiger partial charge >= 0.3 is 12.1 Å². The molecule has 0 fully saturated rings. The van der Waals surface area contributed by atoms with Crippen LogP contribution in [-0.4, -0.2) is 42.6 Å². The van der Waals surface area contributed by atoms with E-state index in [9.17, 15) is 14.4 Å². The van der Waals surface area contributed by atoms with Crippen LogP contribution < -0.4 is 11.1 Å². The minimum atomic E-state index is -0.774. The summed E-state index contributed by atoms with van der Waals surface area (Å²) in [5.41, 5.74) is 6.28. The van der Waals surface area contributed by atoms with Crippen LogP contribution in [0.5, 0.6) is 0 Å². The Morgan fingerprint density at radius 1 is 1.12 bits per heavy atom. The molecule has 0 saturated heterocycles. The van der Waals surface area contributed by atoms with Gasteiger partial charge in [0.15, 0.2) is 5.76 Å². The fourth-order valence-electron chi connectivity index (χ4n) is 2.86. The van der Waals surface area contributed by atoms with Crippen molar-refractivity contribution in [2.45, 2.75) is 59.0 Å². The van der Waals surface area contributed by atoms with Crippen LogP contribution in [0, 0.1) is 0 Å². The second kappa shape index (κ2) is 11.3. The molecule has 2 amide bonds. The lowest BCUT2D eigenvalue weighted by Gasteiger charge is -2.17. The van der Waals surface area contributed by atoms with Crippen molar-refractivity contribution < 1.29 is 28.3 Å². The van der Waals surface area contributed by atoms with Gasteiger partial charge in [-0.2, -0.15) is 4.99 Å². The highest BCUT2D eigenvalue weighted by Crippen LogP contribution is 2.21. The molecule has 0 atom stereocenters. The van der Waals surface area contributed by atoms with Gasteiger partial charge in [-0.05, 0) is 64.8 Å². The van der Waals surface area contributed by atoms with Gasteiger partial charge in [0.05, 0.1) is 6.61 Å². The van der Waals surface area contributed by atoms with E-state index in [1.165, 1.54) is 0 Å². The maximum Gasteiger partial charge on any atom is 0.436 e. The molecule has 0 spiro atoms. The summed E-state index contributed by atoms with van der Waals surface area (Å²) < 4.78 is 15.6. The van der Waals surface area contributed by atoms with Crippen molar-refractivity contribution in [3.63, 3.8) is 0 Å². The molecule has 2 rings (SSSR count). The molecule has 2 aromatic rings. The molecule has 1 aromatic carbocycles. The number of amides is 2. The summed E-state index contributed by atoms with van der Waals surface area (Å²) in [4.78, 5) is 39.2. The van der Waals surface area contributed by atoms with E-state index in [1.54, 1.807) is 52.0 Å². The van der Waals surface area contributed by atoms with Crippen molar-refractivity contribution in [1.82, 2.24) is 5.32 Å². The molecule has 0 saturated carbocycles. The first-order valence-corrected chi connectivity index (χ1v) is 10.6. The van der Waals surface area contributed by atoms with Crippen molar-refractivity contribution in [2.75, 3.05) is 13.2 Å². The van der Waals surface area contributed by atoms with E-state index in [2.05, 4.69) is 10.3 Å². The number of amidine groups is 1. The number of ether oxygens (including phenoxy) is 2. The van der Waals surface area contributed by atoms with Crippen LogP contribution in [0.2, 0.25) is 0 Å². The number of carbonyl (C=O) groups excluding carboxylic acids is 3. The van der Waals surface area contributed by atoms with Gasteiger partial charge in [-0.25, -0.2) is 4.79 Å². The molecule has 9 nitrogen and oxygen atoms in total. The number of nitrogens with one attached hydrogen (secondary N) is 1. The third-order valence-corrected chi connectivity index (χ3v) is 4.29. The van der Waals surface area contributed by atoms with E-state index in [0.29, 0.717) is 42.5 Å². The first-order chi connectivity index (χ1) is 15.1. The summed E-state index contributed by atoms with van der Waals surface area (Å²) in [6.07, 6.45) is 1.87. The van der Waals surface area contributed by atoms with E-state index in [4.69, 9.17) is 19.6 Å². The lowest BCUT2D eigenvalue weighted by Crippen LogP contribution is -2.24. The van der Waals surface area contributed by atoms with Crippen LogP contribution in [0.1, 0.15) is 69.5 Å². The van der Waals surface area contributed by atoms with Gasteiger partial charge < -0.3 is 24.9 Å². The Morgan fingerprint density at radius 3 is 2.56 bits per heavy atom. The average Bonchev–Trinajstić information content (AvgIpc) is 3.12. The number of unbranched alkanes of at least 4 members (excludes halogenated alkanes) is 2. The molecule has 0 radical (unpaired) electrons. The van der Waals surface area contributed by atoms with E-state index >= 15 is 0 Å². The highest BCUT2D eigenvalue weighted by Gasteiger charge is 2.17. The van der Waals surface area contributed by atoms with Crippen molar-refractivity contribution in [2.24, 2.45) is 10.7 Å². The fraction of sp³-hybridized carbons (Fsp3) is 0.478. The van der Waals surface area contributed by atoms with Crippen LogP contribution in [0.4, 0.5) is 4.79 Å². The lowest BCUT2D eigenvalue weighted by atomic mass is 10.1. The van der Waals surface area contributed by atoms with Crippen molar-refractivity contribution >= 4 is 34.8 Å². The second-order valence-corrected chi connectivity index (χ2v) is 8.21. The lowest BCUT2D eigenvalue weighted by molar-refractivity contribution is -0.143. The molecular formula is C23H31N3O6. The fourth-order valence-corrected chi connectivity index (χ4v) is 2.86. The van der Waals surface area contributed by atoms with Crippen molar-refractivity contribution in [3.8, 4) is 0 Å². The Balaban J connectivity index is 1.91. The van der Waals surface area contributed by atoms with Gasteiger partial charge in [0.25, 0.3) is 5.91 Å². The molecule has 0 unspecified atom stereocenters. The molecule has 0 aliphatic heterocycles. The number of carbonyl (C=O) groups is 3. The van der Waals surface area contributed by atoms with Crippen LogP contribution in [0.3, 0.4) is 0 Å². The molecule has 3 N–H and O–H groups in total. The molecule has 0 bridgehead atoms. The molecule has 32 heavy (non-hydrogen) atoms. The smallest absolute Gasteiger partial charge is 0.436 e. The summed E-state index contributed by atoms with van der Waals surface area (Å²) in [6.45, 7) is 7.86. The van der Waals surface area contributed by atoms with Crippen LogP contribution in [0.25, 0.3) is 11.0 Å². The Bertz CT molecular complexity index is 987. The monoisotopic (exact) mass is 445 g/mol. The largest absolute Gasteiger partial charge is 0.466 e. The zero-order chi connectivity index (χ0) is 23.7. The number of esters is 1. The Morgan fingerprint density at radius 2 is 1.88 bits per heavy atom. The maximum absolute atomic E-state index is 12.3. The van der Waals surface area contributed by atoms with Crippen LogP contribution in [0.15, 0.2) is 33.7 Å². The minimum Gasteiger partial charge on any atom is -0.466 e. The summed E-state index contributed by atoms with van der Waals surface area (Å²) in [6, 6.07) is 6.61. The van der Waals surface area contributed by atoms with Gasteiger partial charge in [-0.3, -0.25) is 9.59 Å². The normalized spacial score (nSPS) is 11.9. The van der Waals surface area contributed by atoms with Crippen LogP contribution in [-0.2, 0) is 14.3 Å². The number of fused-ring (bicyclic) bond motifs is 1. The Labute approximate surface area is 187 Å². The zero-order valence-corrected chi connectivity index (χ0v) is 19.0. The highest BCUT2D eigenvalue weighted by molar-refractivity contribution is 6.05. The quantitative estimate of drug-likeness (QED) is 0.258. The number of hydrogen-bond donors (Lipinski definition) is 2. The zero-order valence-electron chi connectivity index (χ0n) is 19.0. The summed E-state index contributed by atoms with van der Waals surface area (Å²) in [5, 5.41) is 3.46. The average molecular weight is 446 g/mol. The first-order valence-electron chi connectivity index (χ1n) is 10.6. The predicted molar refractivity (Wildman–Crippen MR) is 121 cm³/mol. The summed E-state index contributed by atoms with van der Waals surface area (Å²) in [7, 11) is 0. The van der Waals surface area contributed by atoms with E-state index in [0.717, 1.165) is 12.8 Å². The Kier molecular flexibility index (Phi) is 8.80. The number of hydrogen-bond acceptors (Lipinski definition) is 6. The number of aliphatic imine (C=N–C) groups is 1. The third kappa shape index (κ3) is 8.05. The molecular weight excluding hydrogens is 414 g/mol. The highest BCUT2D eigenvalue weighted by atomic mass is 16.6. The van der Waals surface area contributed by atoms with E-state index in [-0.39, 0.29) is 23.5 Å². The van der Waals surface area contributed by atoms with Gasteiger partial charge in [-0.15, -0.1) is 0 Å². The second-order valence-electron chi connectivity index (χ2n) is 8.21. The first kappa shape index (κ1) is 24.9. The summed E-state index contributed by atoms with van der Waals surface area (Å²) in [5.74, 6) is -0.346. The molecule has 0 aliphatic rings. The standard InChI is InChI=1S/C23H31N3O6/c1-5-30-19(27)9-7-6-8-12-25-21(28)18-14-16-13-15(10-11-17(16)31-18)20(24)26-22(29)32-23(2,3)4/h10-11,13-14H,5-9,12H2,1-4H3,(H,25,28)(H2,24,26,29).